The molecule has 0 aromatic heterocycles. The van der Waals surface area contributed by atoms with E-state index in [-0.39, 0.29) is 11.3 Å². The number of hydrogen-bond donors (Lipinski definition) is 0. The third-order valence-electron chi connectivity index (χ3n) is 2.78. The zero-order valence-corrected chi connectivity index (χ0v) is 13.6. The summed E-state index contributed by atoms with van der Waals surface area (Å²) in [6.45, 7) is 0.989. The molecular weight excluding hydrogens is 352 g/mol. The Labute approximate surface area is 136 Å². The van der Waals surface area contributed by atoms with E-state index < -0.39 is 19.9 Å². The van der Waals surface area contributed by atoms with E-state index in [2.05, 4.69) is 0 Å². The largest absolute Gasteiger partial charge is 0.425 e. The molecule has 0 amide bonds. The fourth-order valence-corrected chi connectivity index (χ4v) is 3.14. The van der Waals surface area contributed by atoms with Crippen molar-refractivity contribution in [3.05, 3.63) is 65.2 Å². The summed E-state index contributed by atoms with van der Waals surface area (Å²) in [4.78, 5) is 0. The van der Waals surface area contributed by atoms with Crippen molar-refractivity contribution in [1.82, 2.24) is 0 Å². The van der Waals surface area contributed by atoms with Crippen LogP contribution in [0.15, 0.2) is 54.6 Å². The van der Waals surface area contributed by atoms with Gasteiger partial charge in [0.25, 0.3) is 0 Å². The molecule has 0 aliphatic heterocycles. The third kappa shape index (κ3) is 5.27. The van der Waals surface area contributed by atoms with Crippen LogP contribution in [0, 0.1) is 0 Å². The standard InChI is InChI=1S/C15H13ClF3O3P/c1-23(20,21-13-9-7-12(16)8-10-13)22-14(15(17,18)19)11-5-3-2-4-6-11/h2-10,14H,1H3. The van der Waals surface area contributed by atoms with Crippen molar-refractivity contribution < 1.29 is 26.8 Å². The Balaban J connectivity index is 2.21. The molecule has 2 rings (SSSR count). The molecule has 0 saturated carbocycles. The van der Waals surface area contributed by atoms with E-state index in [4.69, 9.17) is 20.6 Å². The highest BCUT2D eigenvalue weighted by Gasteiger charge is 2.45. The van der Waals surface area contributed by atoms with E-state index in [1.54, 1.807) is 6.07 Å². The molecule has 0 radical (unpaired) electrons. The van der Waals surface area contributed by atoms with Crippen LogP contribution in [-0.2, 0) is 9.09 Å². The van der Waals surface area contributed by atoms with E-state index in [0.717, 1.165) is 6.66 Å². The second-order valence-electron chi connectivity index (χ2n) is 4.75. The average molecular weight is 365 g/mol. The van der Waals surface area contributed by atoms with Gasteiger partial charge in [-0.05, 0) is 29.8 Å². The summed E-state index contributed by atoms with van der Waals surface area (Å²) in [6.07, 6.45) is -7.07. The van der Waals surface area contributed by atoms with Gasteiger partial charge in [0.15, 0.2) is 6.10 Å². The molecule has 3 nitrogen and oxygen atoms in total. The number of rotatable bonds is 5. The first-order valence-corrected chi connectivity index (χ1v) is 8.87. The van der Waals surface area contributed by atoms with Crippen molar-refractivity contribution in [1.29, 1.82) is 0 Å². The van der Waals surface area contributed by atoms with E-state index in [9.17, 15) is 17.7 Å². The van der Waals surface area contributed by atoms with Gasteiger partial charge in [-0.3, -0.25) is 4.52 Å². The highest BCUT2D eigenvalue weighted by Crippen LogP contribution is 2.52. The van der Waals surface area contributed by atoms with Gasteiger partial charge in [-0.2, -0.15) is 13.2 Å². The maximum absolute atomic E-state index is 13.2. The van der Waals surface area contributed by atoms with Gasteiger partial charge in [-0.25, -0.2) is 4.57 Å². The summed E-state index contributed by atoms with van der Waals surface area (Å²) in [5.41, 5.74) is -0.151. The van der Waals surface area contributed by atoms with Crippen LogP contribution in [0.3, 0.4) is 0 Å². The molecule has 0 aliphatic carbocycles. The Bertz CT molecular complexity index is 689. The van der Waals surface area contributed by atoms with Crippen molar-refractivity contribution in [2.45, 2.75) is 12.3 Å². The maximum atomic E-state index is 13.2. The number of benzene rings is 2. The van der Waals surface area contributed by atoms with Crippen LogP contribution in [0.1, 0.15) is 11.7 Å². The van der Waals surface area contributed by atoms with Gasteiger partial charge in [0.2, 0.25) is 0 Å². The van der Waals surface area contributed by atoms with Gasteiger partial charge in [0.1, 0.15) is 5.75 Å². The van der Waals surface area contributed by atoms with Crippen molar-refractivity contribution in [2.24, 2.45) is 0 Å². The van der Waals surface area contributed by atoms with E-state index in [0.29, 0.717) is 5.02 Å². The van der Waals surface area contributed by atoms with Crippen LogP contribution in [0.5, 0.6) is 5.75 Å². The zero-order valence-electron chi connectivity index (χ0n) is 12.0. The molecule has 2 atom stereocenters. The molecule has 0 heterocycles. The van der Waals surface area contributed by atoms with E-state index in [1.807, 2.05) is 0 Å². The van der Waals surface area contributed by atoms with Crippen LogP contribution < -0.4 is 4.52 Å². The molecule has 0 fully saturated rings. The second kappa shape index (κ2) is 6.95. The lowest BCUT2D eigenvalue weighted by Gasteiger charge is -2.24. The van der Waals surface area contributed by atoms with Gasteiger partial charge in [0.05, 0.1) is 0 Å². The Morgan fingerprint density at radius 2 is 1.61 bits per heavy atom. The SMILES string of the molecule is CP(=O)(Oc1ccc(Cl)cc1)OC(c1ccccc1)C(F)(F)F. The van der Waals surface area contributed by atoms with E-state index >= 15 is 0 Å². The average Bonchev–Trinajstić information content (AvgIpc) is 2.47. The van der Waals surface area contributed by atoms with Gasteiger partial charge in [-0.15, -0.1) is 0 Å². The van der Waals surface area contributed by atoms with Crippen molar-refractivity contribution in [3.8, 4) is 5.75 Å². The summed E-state index contributed by atoms with van der Waals surface area (Å²) in [5.74, 6) is 0.106. The van der Waals surface area contributed by atoms with Crippen LogP contribution in [-0.4, -0.2) is 12.8 Å². The van der Waals surface area contributed by atoms with Gasteiger partial charge >= 0.3 is 13.8 Å². The minimum Gasteiger partial charge on any atom is -0.425 e. The molecule has 0 aliphatic rings. The molecule has 8 heteroatoms. The lowest BCUT2D eigenvalue weighted by atomic mass is 10.1. The first-order chi connectivity index (χ1) is 10.7. The van der Waals surface area contributed by atoms with Crippen LogP contribution in [0.4, 0.5) is 13.2 Å². The molecule has 0 N–H and O–H groups in total. The molecule has 0 saturated heterocycles. The lowest BCUT2D eigenvalue weighted by molar-refractivity contribution is -0.199. The normalized spacial score (nSPS) is 15.7. The Morgan fingerprint density at radius 1 is 1.04 bits per heavy atom. The van der Waals surface area contributed by atoms with Gasteiger partial charge in [-0.1, -0.05) is 41.9 Å². The van der Waals surface area contributed by atoms with Crippen molar-refractivity contribution in [3.63, 3.8) is 0 Å². The molecule has 0 bridgehead atoms. The lowest BCUT2D eigenvalue weighted by Crippen LogP contribution is -2.23. The highest BCUT2D eigenvalue weighted by atomic mass is 35.5. The van der Waals surface area contributed by atoms with Crippen molar-refractivity contribution in [2.75, 3.05) is 6.66 Å². The highest BCUT2D eigenvalue weighted by molar-refractivity contribution is 7.53. The molecule has 2 unspecified atom stereocenters. The minimum atomic E-state index is -4.73. The summed E-state index contributed by atoms with van der Waals surface area (Å²) in [6, 6.07) is 12.7. The van der Waals surface area contributed by atoms with Crippen molar-refractivity contribution >= 4 is 19.2 Å². The summed E-state index contributed by atoms with van der Waals surface area (Å²) in [7, 11) is -4.01. The van der Waals surface area contributed by atoms with Crippen LogP contribution in [0.25, 0.3) is 0 Å². The summed E-state index contributed by atoms with van der Waals surface area (Å²) < 4.78 is 61.8. The molecule has 2 aromatic carbocycles. The number of alkyl halides is 3. The third-order valence-corrected chi connectivity index (χ3v) is 4.17. The Kier molecular flexibility index (Phi) is 5.40. The molecule has 0 spiro atoms. The molecule has 23 heavy (non-hydrogen) atoms. The first kappa shape index (κ1) is 17.9. The zero-order chi connectivity index (χ0) is 17.1. The summed E-state index contributed by atoms with van der Waals surface area (Å²) >= 11 is 5.70. The summed E-state index contributed by atoms with van der Waals surface area (Å²) in [5, 5.41) is 0.418. The fourth-order valence-electron chi connectivity index (χ4n) is 1.84. The van der Waals surface area contributed by atoms with Crippen LogP contribution in [0.2, 0.25) is 5.02 Å². The van der Waals surface area contributed by atoms with Gasteiger partial charge in [0, 0.05) is 11.7 Å². The minimum absolute atomic E-state index is 0.106. The van der Waals surface area contributed by atoms with Gasteiger partial charge < -0.3 is 4.52 Å². The number of halogens is 4. The molecule has 124 valence electrons. The fraction of sp³-hybridized carbons (Fsp3) is 0.200. The second-order valence-corrected chi connectivity index (χ2v) is 7.13. The smallest absolute Gasteiger partial charge is 0.419 e. The maximum Gasteiger partial charge on any atom is 0.419 e. The predicted molar refractivity (Wildman–Crippen MR) is 81.9 cm³/mol. The molecule has 2 aromatic rings. The van der Waals surface area contributed by atoms with Crippen LogP contribution >= 0.6 is 19.2 Å². The Morgan fingerprint density at radius 3 is 2.13 bits per heavy atom. The predicted octanol–water partition coefficient (Wildman–Crippen LogP) is 5.86. The monoisotopic (exact) mass is 364 g/mol. The Hall–Kier alpha value is -1.49. The number of hydrogen-bond acceptors (Lipinski definition) is 3. The quantitative estimate of drug-likeness (QED) is 0.623. The molecular formula is C15H13ClF3O3P. The van der Waals surface area contributed by atoms with E-state index in [1.165, 1.54) is 48.5 Å². The topological polar surface area (TPSA) is 35.5 Å². The first-order valence-electron chi connectivity index (χ1n) is 6.50.